The van der Waals surface area contributed by atoms with Gasteiger partial charge in [-0.1, -0.05) is 49.1 Å². The molecule has 0 saturated heterocycles. The predicted molar refractivity (Wildman–Crippen MR) is 95.6 cm³/mol. The first-order valence-corrected chi connectivity index (χ1v) is 8.76. The Balaban J connectivity index is 1.77. The van der Waals surface area contributed by atoms with Gasteiger partial charge in [-0.3, -0.25) is 9.59 Å². The summed E-state index contributed by atoms with van der Waals surface area (Å²) in [7, 11) is 0. The maximum atomic E-state index is 12.4. The molecule has 126 valence electrons. The number of halogens is 1. The molecular formula is C19H21ClN2O2. The highest BCUT2D eigenvalue weighted by Gasteiger charge is 2.17. The third-order valence-electron chi connectivity index (χ3n) is 4.48. The lowest BCUT2D eigenvalue weighted by atomic mass is 9.95. The number of pyridine rings is 1. The van der Waals surface area contributed by atoms with Crippen LogP contribution < -0.4 is 10.9 Å². The van der Waals surface area contributed by atoms with Crippen molar-refractivity contribution in [1.29, 1.82) is 0 Å². The summed E-state index contributed by atoms with van der Waals surface area (Å²) >= 11 is 6.16. The third kappa shape index (κ3) is 4.06. The van der Waals surface area contributed by atoms with Gasteiger partial charge in [0.15, 0.2) is 0 Å². The van der Waals surface area contributed by atoms with E-state index in [1.807, 2.05) is 18.2 Å². The molecule has 24 heavy (non-hydrogen) atoms. The van der Waals surface area contributed by atoms with E-state index >= 15 is 0 Å². The Kier molecular flexibility index (Phi) is 5.36. The number of hydrogen-bond acceptors (Lipinski definition) is 2. The van der Waals surface area contributed by atoms with Crippen molar-refractivity contribution in [2.45, 2.75) is 44.7 Å². The number of nitrogens with one attached hydrogen (secondary N) is 1. The number of amides is 1. The summed E-state index contributed by atoms with van der Waals surface area (Å²) in [5.41, 5.74) is 1.21. The average molecular weight is 345 g/mol. The molecule has 1 N–H and O–H groups in total. The van der Waals surface area contributed by atoms with E-state index in [4.69, 9.17) is 11.6 Å². The summed E-state index contributed by atoms with van der Waals surface area (Å²) in [6, 6.07) is 10.7. The van der Waals surface area contributed by atoms with Crippen molar-refractivity contribution in [3.05, 3.63) is 69.1 Å². The van der Waals surface area contributed by atoms with Gasteiger partial charge in [0.25, 0.3) is 11.5 Å². The monoisotopic (exact) mass is 344 g/mol. The van der Waals surface area contributed by atoms with Crippen molar-refractivity contribution in [2.24, 2.45) is 0 Å². The van der Waals surface area contributed by atoms with Crippen LogP contribution >= 0.6 is 11.6 Å². The van der Waals surface area contributed by atoms with Gasteiger partial charge < -0.3 is 9.88 Å². The molecule has 0 bridgehead atoms. The summed E-state index contributed by atoms with van der Waals surface area (Å²) in [5, 5.41) is 3.69. The average Bonchev–Trinajstić information content (AvgIpc) is 2.59. The fraction of sp³-hybridized carbons (Fsp3) is 0.368. The van der Waals surface area contributed by atoms with E-state index in [1.54, 1.807) is 18.3 Å². The molecule has 0 unspecified atom stereocenters. The topological polar surface area (TPSA) is 51.1 Å². The Morgan fingerprint density at radius 1 is 1.12 bits per heavy atom. The first-order chi connectivity index (χ1) is 11.6. The van der Waals surface area contributed by atoms with Gasteiger partial charge in [0.2, 0.25) is 0 Å². The molecule has 1 aliphatic rings. The number of rotatable bonds is 4. The quantitative estimate of drug-likeness (QED) is 0.921. The SMILES string of the molecule is O=C(NC1CCCCC1)c1ccc(=O)n(Cc2ccccc2Cl)c1. The minimum atomic E-state index is -0.149. The Hall–Kier alpha value is -2.07. The number of hydrogen-bond donors (Lipinski definition) is 1. The summed E-state index contributed by atoms with van der Waals surface area (Å²) in [6.45, 7) is 0.350. The molecule has 0 spiro atoms. The van der Waals surface area contributed by atoms with Crippen molar-refractivity contribution < 1.29 is 4.79 Å². The minimum Gasteiger partial charge on any atom is -0.349 e. The first kappa shape index (κ1) is 16.8. The Morgan fingerprint density at radius 2 is 1.88 bits per heavy atom. The van der Waals surface area contributed by atoms with Crippen molar-refractivity contribution >= 4 is 17.5 Å². The predicted octanol–water partition coefficient (Wildman–Crippen LogP) is 3.61. The Morgan fingerprint density at radius 3 is 2.62 bits per heavy atom. The van der Waals surface area contributed by atoms with Crippen LogP contribution in [0.4, 0.5) is 0 Å². The molecule has 1 amide bonds. The van der Waals surface area contributed by atoms with Crippen molar-refractivity contribution in [2.75, 3.05) is 0 Å². The second-order valence-electron chi connectivity index (χ2n) is 6.28. The molecular weight excluding hydrogens is 324 g/mol. The standard InChI is InChI=1S/C19H21ClN2O2/c20-17-9-5-4-6-14(17)12-22-13-15(10-11-18(22)23)19(24)21-16-7-2-1-3-8-16/h4-6,9-11,13,16H,1-3,7-8,12H2,(H,21,24). The van der Waals surface area contributed by atoms with Gasteiger partial charge >= 0.3 is 0 Å². The number of carbonyl (C=O) groups is 1. The van der Waals surface area contributed by atoms with E-state index in [-0.39, 0.29) is 17.5 Å². The summed E-state index contributed by atoms with van der Waals surface area (Å²) in [6.07, 6.45) is 7.25. The number of benzene rings is 1. The lowest BCUT2D eigenvalue weighted by Gasteiger charge is -2.22. The molecule has 1 saturated carbocycles. The van der Waals surface area contributed by atoms with E-state index in [9.17, 15) is 9.59 Å². The molecule has 4 nitrogen and oxygen atoms in total. The zero-order valence-corrected chi connectivity index (χ0v) is 14.3. The summed E-state index contributed by atoms with van der Waals surface area (Å²) in [4.78, 5) is 24.5. The van der Waals surface area contributed by atoms with Gasteiger partial charge in [0.05, 0.1) is 12.1 Å². The van der Waals surface area contributed by atoms with Crippen molar-refractivity contribution in [3.63, 3.8) is 0 Å². The highest BCUT2D eigenvalue weighted by Crippen LogP contribution is 2.18. The van der Waals surface area contributed by atoms with E-state index in [1.165, 1.54) is 17.1 Å². The fourth-order valence-corrected chi connectivity index (χ4v) is 3.31. The normalized spacial score (nSPS) is 15.2. The molecule has 0 aliphatic heterocycles. The molecule has 1 aliphatic carbocycles. The molecule has 1 heterocycles. The smallest absolute Gasteiger partial charge is 0.252 e. The molecule has 3 rings (SSSR count). The molecule has 1 fully saturated rings. The van der Waals surface area contributed by atoms with Crippen LogP contribution in [-0.4, -0.2) is 16.5 Å². The zero-order valence-electron chi connectivity index (χ0n) is 13.5. The summed E-state index contributed by atoms with van der Waals surface area (Å²) < 4.78 is 1.52. The number of carbonyl (C=O) groups excluding carboxylic acids is 1. The summed E-state index contributed by atoms with van der Waals surface area (Å²) in [5.74, 6) is -0.116. The molecule has 2 aromatic rings. The fourth-order valence-electron chi connectivity index (χ4n) is 3.12. The van der Waals surface area contributed by atoms with Gasteiger partial charge in [-0.25, -0.2) is 0 Å². The molecule has 5 heteroatoms. The van der Waals surface area contributed by atoms with E-state index in [0.717, 1.165) is 31.2 Å². The maximum absolute atomic E-state index is 12.4. The molecule has 1 aromatic heterocycles. The van der Waals surface area contributed by atoms with Gasteiger partial charge in [-0.15, -0.1) is 0 Å². The van der Waals surface area contributed by atoms with Crippen LogP contribution in [0.15, 0.2) is 47.4 Å². The first-order valence-electron chi connectivity index (χ1n) is 8.38. The molecule has 0 atom stereocenters. The van der Waals surface area contributed by atoms with Crippen molar-refractivity contribution in [3.8, 4) is 0 Å². The van der Waals surface area contributed by atoms with Crippen LogP contribution in [0.3, 0.4) is 0 Å². The van der Waals surface area contributed by atoms with Crippen LogP contribution in [0.5, 0.6) is 0 Å². The highest BCUT2D eigenvalue weighted by molar-refractivity contribution is 6.31. The number of nitrogens with zero attached hydrogens (tertiary/aromatic N) is 1. The van der Waals surface area contributed by atoms with Crippen LogP contribution in [0.1, 0.15) is 48.0 Å². The van der Waals surface area contributed by atoms with Crippen LogP contribution in [0.25, 0.3) is 0 Å². The van der Waals surface area contributed by atoms with Crippen LogP contribution in [0.2, 0.25) is 5.02 Å². The number of aromatic nitrogens is 1. The molecule has 1 aromatic carbocycles. The Labute approximate surface area is 146 Å². The largest absolute Gasteiger partial charge is 0.349 e. The van der Waals surface area contributed by atoms with Crippen LogP contribution in [0, 0.1) is 0 Å². The lowest BCUT2D eigenvalue weighted by molar-refractivity contribution is 0.0927. The third-order valence-corrected chi connectivity index (χ3v) is 4.85. The maximum Gasteiger partial charge on any atom is 0.252 e. The van der Waals surface area contributed by atoms with E-state index in [2.05, 4.69) is 5.32 Å². The Bertz CT molecular complexity index is 779. The minimum absolute atomic E-state index is 0.116. The zero-order chi connectivity index (χ0) is 16.9. The van der Waals surface area contributed by atoms with Gasteiger partial charge in [-0.2, -0.15) is 0 Å². The highest BCUT2D eigenvalue weighted by atomic mass is 35.5. The second kappa shape index (κ2) is 7.67. The van der Waals surface area contributed by atoms with E-state index in [0.29, 0.717) is 17.1 Å². The molecule has 0 radical (unpaired) electrons. The van der Waals surface area contributed by atoms with Crippen molar-refractivity contribution in [1.82, 2.24) is 9.88 Å². The van der Waals surface area contributed by atoms with E-state index < -0.39 is 0 Å². The van der Waals surface area contributed by atoms with Crippen LogP contribution in [-0.2, 0) is 6.54 Å². The van der Waals surface area contributed by atoms with Gasteiger partial charge in [0.1, 0.15) is 0 Å². The lowest BCUT2D eigenvalue weighted by Crippen LogP contribution is -2.36. The second-order valence-corrected chi connectivity index (χ2v) is 6.69. The van der Waals surface area contributed by atoms with Gasteiger partial charge in [0, 0.05) is 23.3 Å². The van der Waals surface area contributed by atoms with Gasteiger partial charge in [-0.05, 0) is 30.5 Å².